The summed E-state index contributed by atoms with van der Waals surface area (Å²) in [6.07, 6.45) is -0.649. The molecule has 2 aromatic carbocycles. The highest BCUT2D eigenvalue weighted by Crippen LogP contribution is 2.40. The Labute approximate surface area is 148 Å². The van der Waals surface area contributed by atoms with Crippen LogP contribution in [-0.4, -0.2) is 32.1 Å². The number of methoxy groups -OCH3 is 2. The minimum atomic E-state index is -0.897. The van der Waals surface area contributed by atoms with E-state index >= 15 is 0 Å². The summed E-state index contributed by atoms with van der Waals surface area (Å²) in [7, 11) is 3.16. The molecule has 5 nitrogen and oxygen atoms in total. The lowest BCUT2D eigenvalue weighted by atomic mass is 9.96. The van der Waals surface area contributed by atoms with Gasteiger partial charge in [-0.05, 0) is 44.0 Å². The average Bonchev–Trinajstić information content (AvgIpc) is 2.58. The van der Waals surface area contributed by atoms with E-state index in [1.807, 2.05) is 63.2 Å². The molecule has 1 amide bonds. The Balaban J connectivity index is 2.26. The molecule has 132 valence electrons. The van der Waals surface area contributed by atoms with Crippen molar-refractivity contribution in [2.24, 2.45) is 0 Å². The number of benzene rings is 2. The zero-order valence-corrected chi connectivity index (χ0v) is 15.3. The second kappa shape index (κ2) is 6.50. The summed E-state index contributed by atoms with van der Waals surface area (Å²) in [6.45, 7) is 5.93. The van der Waals surface area contributed by atoms with Crippen LogP contribution in [0.4, 0.5) is 11.4 Å². The van der Waals surface area contributed by atoms with Gasteiger partial charge >= 0.3 is 0 Å². The van der Waals surface area contributed by atoms with Crippen LogP contribution in [0.25, 0.3) is 0 Å². The van der Waals surface area contributed by atoms with Gasteiger partial charge in [-0.25, -0.2) is 0 Å². The van der Waals surface area contributed by atoms with Crippen LogP contribution in [0.3, 0.4) is 0 Å². The quantitative estimate of drug-likeness (QED) is 0.862. The zero-order valence-electron chi connectivity index (χ0n) is 15.3. The van der Waals surface area contributed by atoms with Crippen molar-refractivity contribution in [3.8, 4) is 0 Å². The summed E-state index contributed by atoms with van der Waals surface area (Å²) in [4.78, 5) is 15.2. The SMILES string of the molecule is COC(OC)[C@@]1(C)Nc2ccccc2C(=O)N1c1c(C)cccc1C. The van der Waals surface area contributed by atoms with Gasteiger partial charge in [0.25, 0.3) is 5.91 Å². The van der Waals surface area contributed by atoms with Gasteiger partial charge in [-0.3, -0.25) is 9.69 Å². The number of rotatable bonds is 4. The number of carbonyl (C=O) groups excluding carboxylic acids is 1. The number of aryl methyl sites for hydroxylation is 2. The summed E-state index contributed by atoms with van der Waals surface area (Å²) >= 11 is 0. The molecule has 1 N–H and O–H groups in total. The van der Waals surface area contributed by atoms with Gasteiger partial charge in [0.15, 0.2) is 12.0 Å². The highest BCUT2D eigenvalue weighted by Gasteiger charge is 2.49. The largest absolute Gasteiger partial charge is 0.358 e. The van der Waals surface area contributed by atoms with Crippen molar-refractivity contribution in [1.82, 2.24) is 0 Å². The van der Waals surface area contributed by atoms with E-state index in [0.717, 1.165) is 22.5 Å². The Morgan fingerprint density at radius 1 is 1.00 bits per heavy atom. The number of fused-ring (bicyclic) bond motifs is 1. The van der Waals surface area contributed by atoms with E-state index in [9.17, 15) is 4.79 Å². The van der Waals surface area contributed by atoms with Gasteiger partial charge in [0.1, 0.15) is 0 Å². The maximum absolute atomic E-state index is 13.4. The number of anilines is 2. The topological polar surface area (TPSA) is 50.8 Å². The Morgan fingerprint density at radius 2 is 1.60 bits per heavy atom. The molecule has 0 bridgehead atoms. The maximum Gasteiger partial charge on any atom is 0.262 e. The van der Waals surface area contributed by atoms with E-state index in [1.54, 1.807) is 19.1 Å². The van der Waals surface area contributed by atoms with Crippen LogP contribution < -0.4 is 10.2 Å². The highest BCUT2D eigenvalue weighted by atomic mass is 16.7. The molecule has 1 aliphatic rings. The predicted molar refractivity (Wildman–Crippen MR) is 99.0 cm³/mol. The molecule has 1 heterocycles. The summed E-state index contributed by atoms with van der Waals surface area (Å²) in [6, 6.07) is 13.5. The lowest BCUT2D eigenvalue weighted by Crippen LogP contribution is -2.66. The molecule has 0 saturated heterocycles. The molecule has 0 aliphatic carbocycles. The van der Waals surface area contributed by atoms with E-state index in [0.29, 0.717) is 5.56 Å². The van der Waals surface area contributed by atoms with Gasteiger partial charge < -0.3 is 14.8 Å². The van der Waals surface area contributed by atoms with E-state index < -0.39 is 12.0 Å². The van der Waals surface area contributed by atoms with E-state index in [1.165, 1.54) is 0 Å². The molecule has 25 heavy (non-hydrogen) atoms. The Bertz CT molecular complexity index is 781. The van der Waals surface area contributed by atoms with Gasteiger partial charge in [-0.1, -0.05) is 30.3 Å². The number of para-hydroxylation sites is 2. The van der Waals surface area contributed by atoms with Crippen molar-refractivity contribution >= 4 is 17.3 Å². The Hall–Kier alpha value is -2.37. The molecule has 0 aromatic heterocycles. The van der Waals surface area contributed by atoms with Crippen molar-refractivity contribution in [2.45, 2.75) is 32.7 Å². The number of nitrogens with one attached hydrogen (secondary N) is 1. The van der Waals surface area contributed by atoms with Crippen LogP contribution in [-0.2, 0) is 9.47 Å². The molecule has 0 saturated carbocycles. The molecule has 2 aromatic rings. The van der Waals surface area contributed by atoms with Gasteiger partial charge in [-0.2, -0.15) is 0 Å². The molecule has 5 heteroatoms. The first-order valence-corrected chi connectivity index (χ1v) is 8.27. The fourth-order valence-electron chi connectivity index (χ4n) is 3.65. The molecule has 0 fully saturated rings. The predicted octanol–water partition coefficient (Wildman–Crippen LogP) is 3.71. The summed E-state index contributed by atoms with van der Waals surface area (Å²) in [5.41, 5.74) is 3.42. The smallest absolute Gasteiger partial charge is 0.262 e. The summed E-state index contributed by atoms with van der Waals surface area (Å²) in [5.74, 6) is -0.0756. The standard InChI is InChI=1S/C20H24N2O3/c1-13-9-8-10-14(2)17(13)22-18(23)15-11-6-7-12-16(15)21-20(22,3)19(24-4)25-5/h6-12,19,21H,1-5H3/t20-/m0/s1. The number of nitrogens with zero attached hydrogens (tertiary/aromatic N) is 1. The third-order valence-corrected chi connectivity index (χ3v) is 4.76. The van der Waals surface area contributed by atoms with E-state index in [2.05, 4.69) is 5.32 Å². The number of amides is 1. The van der Waals surface area contributed by atoms with Gasteiger partial charge in [0.2, 0.25) is 0 Å². The van der Waals surface area contributed by atoms with Crippen LogP contribution in [0.15, 0.2) is 42.5 Å². The van der Waals surface area contributed by atoms with Crippen molar-refractivity contribution < 1.29 is 14.3 Å². The molecule has 0 spiro atoms. The fraction of sp³-hybridized carbons (Fsp3) is 0.350. The van der Waals surface area contributed by atoms with Crippen molar-refractivity contribution in [3.05, 3.63) is 59.2 Å². The average molecular weight is 340 g/mol. The van der Waals surface area contributed by atoms with Crippen LogP contribution in [0.1, 0.15) is 28.4 Å². The van der Waals surface area contributed by atoms with E-state index in [-0.39, 0.29) is 5.91 Å². The monoisotopic (exact) mass is 340 g/mol. The first-order chi connectivity index (χ1) is 11.9. The highest BCUT2D eigenvalue weighted by molar-refractivity contribution is 6.13. The number of hydrogen-bond donors (Lipinski definition) is 1. The van der Waals surface area contributed by atoms with Crippen molar-refractivity contribution in [1.29, 1.82) is 0 Å². The number of hydrogen-bond acceptors (Lipinski definition) is 4. The molecular formula is C20H24N2O3. The van der Waals surface area contributed by atoms with Gasteiger partial charge in [-0.15, -0.1) is 0 Å². The van der Waals surface area contributed by atoms with Crippen LogP contribution in [0, 0.1) is 13.8 Å². The van der Waals surface area contributed by atoms with Gasteiger partial charge in [0, 0.05) is 19.9 Å². The fourth-order valence-corrected chi connectivity index (χ4v) is 3.65. The zero-order chi connectivity index (χ0) is 18.2. The number of ether oxygens (including phenoxy) is 2. The maximum atomic E-state index is 13.4. The summed E-state index contributed by atoms with van der Waals surface area (Å²) < 4.78 is 11.1. The lowest BCUT2D eigenvalue weighted by Gasteiger charge is -2.49. The molecular weight excluding hydrogens is 316 g/mol. The molecule has 3 rings (SSSR count). The van der Waals surface area contributed by atoms with Crippen molar-refractivity contribution in [2.75, 3.05) is 24.4 Å². The molecule has 0 radical (unpaired) electrons. The minimum Gasteiger partial charge on any atom is -0.358 e. The van der Waals surface area contributed by atoms with Crippen molar-refractivity contribution in [3.63, 3.8) is 0 Å². The third-order valence-electron chi connectivity index (χ3n) is 4.76. The van der Waals surface area contributed by atoms with Gasteiger partial charge in [0.05, 0.1) is 11.3 Å². The number of carbonyl (C=O) groups is 1. The first-order valence-electron chi connectivity index (χ1n) is 8.27. The minimum absolute atomic E-state index is 0.0756. The van der Waals surface area contributed by atoms with Crippen LogP contribution in [0.2, 0.25) is 0 Å². The third kappa shape index (κ3) is 2.69. The second-order valence-corrected chi connectivity index (χ2v) is 6.50. The Morgan fingerprint density at radius 3 is 2.20 bits per heavy atom. The molecule has 1 atom stereocenters. The van der Waals surface area contributed by atoms with Crippen LogP contribution >= 0.6 is 0 Å². The summed E-state index contributed by atoms with van der Waals surface area (Å²) in [5, 5.41) is 3.46. The van der Waals surface area contributed by atoms with E-state index in [4.69, 9.17) is 9.47 Å². The Kier molecular flexibility index (Phi) is 4.54. The first kappa shape index (κ1) is 17.5. The second-order valence-electron chi connectivity index (χ2n) is 6.50. The molecule has 0 unspecified atom stereocenters. The van der Waals surface area contributed by atoms with Crippen LogP contribution in [0.5, 0.6) is 0 Å². The normalized spacial score (nSPS) is 19.8. The lowest BCUT2D eigenvalue weighted by molar-refractivity contribution is -0.135. The molecule has 1 aliphatic heterocycles.